The summed E-state index contributed by atoms with van der Waals surface area (Å²) in [5, 5.41) is 21.3. The van der Waals surface area contributed by atoms with Gasteiger partial charge in [0.05, 0.1) is 21.8 Å². The van der Waals surface area contributed by atoms with Crippen molar-refractivity contribution in [2.75, 3.05) is 4.90 Å². The fraction of sp³-hybridized carbons (Fsp3) is 0.115. The van der Waals surface area contributed by atoms with Gasteiger partial charge in [-0.25, -0.2) is 4.98 Å². The molecule has 0 bridgehead atoms. The summed E-state index contributed by atoms with van der Waals surface area (Å²) in [6, 6.07) is 18.3. The summed E-state index contributed by atoms with van der Waals surface area (Å²) in [6.07, 6.45) is 0. The van der Waals surface area contributed by atoms with E-state index in [0.717, 1.165) is 21.3 Å². The van der Waals surface area contributed by atoms with Crippen LogP contribution in [0.15, 0.2) is 72.3 Å². The number of thiazole rings is 1. The van der Waals surface area contributed by atoms with Crippen molar-refractivity contribution in [2.45, 2.75) is 19.9 Å². The van der Waals surface area contributed by atoms with Crippen molar-refractivity contribution in [3.8, 4) is 5.75 Å². The van der Waals surface area contributed by atoms with Crippen molar-refractivity contribution < 1.29 is 19.8 Å². The second kappa shape index (κ2) is 7.86. The number of hydrogen-bond donors (Lipinski definition) is 2. The number of aromatic nitrogens is 1. The molecule has 164 valence electrons. The Morgan fingerprint density at radius 3 is 2.30 bits per heavy atom. The number of amides is 1. The molecule has 4 aromatic rings. The molecular formula is C26H20N2O4S. The maximum Gasteiger partial charge on any atom is 0.301 e. The van der Waals surface area contributed by atoms with E-state index in [2.05, 4.69) is 4.98 Å². The number of nitrogens with zero attached hydrogens (tertiary/aromatic N) is 2. The lowest BCUT2D eigenvalue weighted by Gasteiger charge is -2.23. The first-order valence-electron chi connectivity index (χ1n) is 10.4. The molecule has 1 aliphatic heterocycles. The number of aliphatic hydroxyl groups is 1. The van der Waals surface area contributed by atoms with Crippen LogP contribution in [0.25, 0.3) is 16.0 Å². The Morgan fingerprint density at radius 2 is 1.61 bits per heavy atom. The predicted molar refractivity (Wildman–Crippen MR) is 128 cm³/mol. The standard InChI is InChI=1S/C26H20N2O4S/c1-14-3-6-17(7-4-14)23(30)21-22(16-8-10-18(29)11-9-16)28(25(32)24(21)31)26-27-19-12-5-15(2)13-20(19)33-26/h3-13,22,29-30H,1-2H3. The number of carbonyl (C=O) groups excluding carboxylic acids is 2. The molecule has 2 N–H and O–H groups in total. The molecule has 3 aromatic carbocycles. The van der Waals surface area contributed by atoms with E-state index < -0.39 is 17.7 Å². The lowest BCUT2D eigenvalue weighted by atomic mass is 9.95. The summed E-state index contributed by atoms with van der Waals surface area (Å²) in [5.74, 6) is -1.71. The molecule has 5 rings (SSSR count). The Kier molecular flexibility index (Phi) is 4.98. The summed E-state index contributed by atoms with van der Waals surface area (Å²) < 4.78 is 0.898. The Labute approximate surface area is 194 Å². The Balaban J connectivity index is 1.73. The van der Waals surface area contributed by atoms with Crippen LogP contribution in [0, 0.1) is 13.8 Å². The van der Waals surface area contributed by atoms with Crippen LogP contribution in [0.2, 0.25) is 0 Å². The van der Waals surface area contributed by atoms with Gasteiger partial charge in [-0.15, -0.1) is 0 Å². The Bertz CT molecular complexity index is 1440. The minimum atomic E-state index is -0.881. The van der Waals surface area contributed by atoms with Gasteiger partial charge in [0.1, 0.15) is 11.5 Å². The Hall–Kier alpha value is -3.97. The molecule has 1 saturated heterocycles. The molecule has 0 aliphatic carbocycles. The van der Waals surface area contributed by atoms with Gasteiger partial charge in [0.15, 0.2) is 5.13 Å². The van der Waals surface area contributed by atoms with Crippen LogP contribution in [0.1, 0.15) is 28.3 Å². The molecule has 1 fully saturated rings. The van der Waals surface area contributed by atoms with Crippen molar-refractivity contribution >= 4 is 44.1 Å². The fourth-order valence-corrected chi connectivity index (χ4v) is 5.08. The number of carbonyl (C=O) groups is 2. The van der Waals surface area contributed by atoms with E-state index in [0.29, 0.717) is 16.3 Å². The number of aliphatic hydroxyl groups excluding tert-OH is 1. The van der Waals surface area contributed by atoms with Crippen LogP contribution in [-0.4, -0.2) is 26.9 Å². The average Bonchev–Trinajstić information content (AvgIpc) is 3.32. The summed E-state index contributed by atoms with van der Waals surface area (Å²) in [7, 11) is 0. The predicted octanol–water partition coefficient (Wildman–Crippen LogP) is 5.25. The van der Waals surface area contributed by atoms with Gasteiger partial charge in [-0.3, -0.25) is 14.5 Å². The second-order valence-corrected chi connectivity index (χ2v) is 9.10. The van der Waals surface area contributed by atoms with Crippen LogP contribution < -0.4 is 4.90 Å². The maximum absolute atomic E-state index is 13.2. The van der Waals surface area contributed by atoms with Crippen LogP contribution in [0.5, 0.6) is 5.75 Å². The number of aryl methyl sites for hydroxylation is 2. The molecule has 1 aromatic heterocycles. The number of phenolic OH excluding ortho intramolecular Hbond substituents is 1. The number of hydrogen-bond acceptors (Lipinski definition) is 6. The number of rotatable bonds is 3. The molecule has 0 saturated carbocycles. The summed E-state index contributed by atoms with van der Waals surface area (Å²) in [4.78, 5) is 32.4. The third kappa shape index (κ3) is 3.56. The summed E-state index contributed by atoms with van der Waals surface area (Å²) in [6.45, 7) is 3.90. The minimum Gasteiger partial charge on any atom is -0.508 e. The van der Waals surface area contributed by atoms with Gasteiger partial charge < -0.3 is 10.2 Å². The van der Waals surface area contributed by atoms with E-state index in [1.54, 1.807) is 24.3 Å². The van der Waals surface area contributed by atoms with E-state index in [4.69, 9.17) is 0 Å². The van der Waals surface area contributed by atoms with Gasteiger partial charge in [0.25, 0.3) is 5.78 Å². The molecule has 6 nitrogen and oxygen atoms in total. The molecule has 1 unspecified atom stereocenters. The van der Waals surface area contributed by atoms with Crippen LogP contribution in [0.3, 0.4) is 0 Å². The number of phenols is 1. The highest BCUT2D eigenvalue weighted by Gasteiger charge is 2.48. The van der Waals surface area contributed by atoms with Crippen LogP contribution in [-0.2, 0) is 9.59 Å². The van der Waals surface area contributed by atoms with E-state index in [1.165, 1.54) is 28.4 Å². The van der Waals surface area contributed by atoms with Crippen molar-refractivity contribution in [2.24, 2.45) is 0 Å². The number of fused-ring (bicyclic) bond motifs is 1. The second-order valence-electron chi connectivity index (χ2n) is 8.09. The van der Waals surface area contributed by atoms with Gasteiger partial charge in [-0.2, -0.15) is 0 Å². The van der Waals surface area contributed by atoms with E-state index in [-0.39, 0.29) is 17.1 Å². The van der Waals surface area contributed by atoms with Gasteiger partial charge in [0, 0.05) is 5.56 Å². The first-order valence-corrected chi connectivity index (χ1v) is 11.2. The molecule has 7 heteroatoms. The molecule has 1 aliphatic rings. The smallest absolute Gasteiger partial charge is 0.301 e. The maximum atomic E-state index is 13.2. The topological polar surface area (TPSA) is 90.7 Å². The van der Waals surface area contributed by atoms with Crippen molar-refractivity contribution in [3.63, 3.8) is 0 Å². The largest absolute Gasteiger partial charge is 0.508 e. The van der Waals surface area contributed by atoms with Gasteiger partial charge in [0.2, 0.25) is 0 Å². The number of aromatic hydroxyl groups is 1. The zero-order valence-electron chi connectivity index (χ0n) is 17.9. The van der Waals surface area contributed by atoms with E-state index in [9.17, 15) is 19.8 Å². The molecular weight excluding hydrogens is 436 g/mol. The zero-order chi connectivity index (χ0) is 23.3. The first-order chi connectivity index (χ1) is 15.8. The molecule has 33 heavy (non-hydrogen) atoms. The molecule has 0 spiro atoms. The number of Topliss-reactive ketones (excluding diaryl/α,β-unsaturated/α-hetero) is 1. The highest BCUT2D eigenvalue weighted by Crippen LogP contribution is 2.44. The van der Waals surface area contributed by atoms with Gasteiger partial charge in [-0.1, -0.05) is 59.4 Å². The third-order valence-corrected chi connectivity index (χ3v) is 6.73. The van der Waals surface area contributed by atoms with Crippen LogP contribution >= 0.6 is 11.3 Å². The molecule has 2 heterocycles. The van der Waals surface area contributed by atoms with Crippen molar-refractivity contribution in [1.29, 1.82) is 0 Å². The molecule has 1 atom stereocenters. The monoisotopic (exact) mass is 456 g/mol. The number of ketones is 1. The fourth-order valence-electron chi connectivity index (χ4n) is 3.99. The lowest BCUT2D eigenvalue weighted by molar-refractivity contribution is -0.132. The lowest BCUT2D eigenvalue weighted by Crippen LogP contribution is -2.29. The van der Waals surface area contributed by atoms with E-state index in [1.807, 2.05) is 44.2 Å². The van der Waals surface area contributed by atoms with Crippen molar-refractivity contribution in [1.82, 2.24) is 4.98 Å². The normalized spacial score (nSPS) is 17.8. The zero-order valence-corrected chi connectivity index (χ0v) is 18.8. The van der Waals surface area contributed by atoms with Crippen molar-refractivity contribution in [3.05, 3.63) is 94.6 Å². The van der Waals surface area contributed by atoms with Gasteiger partial charge in [-0.05, 0) is 49.2 Å². The van der Waals surface area contributed by atoms with E-state index >= 15 is 0 Å². The molecule has 1 amide bonds. The highest BCUT2D eigenvalue weighted by molar-refractivity contribution is 7.22. The average molecular weight is 457 g/mol. The third-order valence-electron chi connectivity index (χ3n) is 5.72. The highest BCUT2D eigenvalue weighted by atomic mass is 32.1. The van der Waals surface area contributed by atoms with Gasteiger partial charge >= 0.3 is 5.91 Å². The summed E-state index contributed by atoms with van der Waals surface area (Å²) in [5.41, 5.74) is 3.81. The quantitative estimate of drug-likeness (QED) is 0.250. The number of benzene rings is 3. The first kappa shape index (κ1) is 20.9. The SMILES string of the molecule is Cc1ccc(C(O)=C2C(=O)C(=O)N(c3nc4ccc(C)cc4s3)C2c2ccc(O)cc2)cc1. The number of anilines is 1. The van der Waals surface area contributed by atoms with Crippen LogP contribution in [0.4, 0.5) is 5.13 Å². The summed E-state index contributed by atoms with van der Waals surface area (Å²) >= 11 is 1.32. The minimum absolute atomic E-state index is 0.00928. The molecule has 0 radical (unpaired) electrons. The Morgan fingerprint density at radius 1 is 0.939 bits per heavy atom.